The number of aromatic nitrogens is 2. The number of carbonyl (C=O) groups excluding carboxylic acids is 1. The lowest BCUT2D eigenvalue weighted by molar-refractivity contribution is -0.116. The van der Waals surface area contributed by atoms with Crippen molar-refractivity contribution in [3.63, 3.8) is 0 Å². The van der Waals surface area contributed by atoms with Crippen LogP contribution in [0.1, 0.15) is 19.3 Å². The first-order chi connectivity index (χ1) is 7.61. The van der Waals surface area contributed by atoms with Crippen LogP contribution in [0.15, 0.2) is 6.07 Å². The van der Waals surface area contributed by atoms with Crippen molar-refractivity contribution in [1.82, 2.24) is 9.97 Å². The summed E-state index contributed by atoms with van der Waals surface area (Å²) in [6, 6.07) is 1.41. The van der Waals surface area contributed by atoms with Gasteiger partial charge in [0.1, 0.15) is 11.0 Å². The minimum absolute atomic E-state index is 0.0156. The van der Waals surface area contributed by atoms with Gasteiger partial charge in [0.15, 0.2) is 0 Å². The molecule has 2 N–H and O–H groups in total. The lowest BCUT2D eigenvalue weighted by atomic mass is 10.2. The van der Waals surface area contributed by atoms with E-state index in [1.165, 1.54) is 6.07 Å². The molecule has 0 aromatic carbocycles. The molecule has 0 saturated heterocycles. The van der Waals surface area contributed by atoms with Gasteiger partial charge in [-0.1, -0.05) is 11.6 Å². The molecule has 0 aliphatic rings. The lowest BCUT2D eigenvalue weighted by Gasteiger charge is -2.04. The standard InChI is InChI=1S/C9H11Cl2N3O2/c10-6-5-7(14-9(11)12-6)13-8(16)3-1-2-4-15/h5,15H,1-4H2,(H,12,13,14,16). The van der Waals surface area contributed by atoms with Crippen LogP contribution >= 0.6 is 23.2 Å². The van der Waals surface area contributed by atoms with Crippen LogP contribution in [0.3, 0.4) is 0 Å². The van der Waals surface area contributed by atoms with Gasteiger partial charge in [0, 0.05) is 19.1 Å². The average molecular weight is 264 g/mol. The predicted molar refractivity (Wildman–Crippen MR) is 61.6 cm³/mol. The van der Waals surface area contributed by atoms with E-state index in [1.807, 2.05) is 0 Å². The Morgan fingerprint density at radius 3 is 2.75 bits per heavy atom. The summed E-state index contributed by atoms with van der Waals surface area (Å²) >= 11 is 11.2. The van der Waals surface area contributed by atoms with Gasteiger partial charge in [-0.2, -0.15) is 0 Å². The monoisotopic (exact) mass is 263 g/mol. The fourth-order valence-electron chi connectivity index (χ4n) is 1.06. The first-order valence-corrected chi connectivity index (χ1v) is 5.48. The van der Waals surface area contributed by atoms with E-state index in [-0.39, 0.29) is 28.8 Å². The average Bonchev–Trinajstić information content (AvgIpc) is 2.16. The molecule has 88 valence electrons. The van der Waals surface area contributed by atoms with Gasteiger partial charge in [-0.05, 0) is 24.4 Å². The molecule has 1 rings (SSSR count). The number of aliphatic hydroxyl groups excluding tert-OH is 1. The highest BCUT2D eigenvalue weighted by Crippen LogP contribution is 2.14. The maximum absolute atomic E-state index is 11.4. The van der Waals surface area contributed by atoms with Crippen molar-refractivity contribution in [2.24, 2.45) is 0 Å². The zero-order valence-corrected chi connectivity index (χ0v) is 9.92. The third-order valence-corrected chi connectivity index (χ3v) is 2.11. The van der Waals surface area contributed by atoms with E-state index < -0.39 is 0 Å². The molecule has 0 spiro atoms. The number of nitrogens with one attached hydrogen (secondary N) is 1. The zero-order chi connectivity index (χ0) is 12.0. The summed E-state index contributed by atoms with van der Waals surface area (Å²) in [5, 5.41) is 11.3. The fourth-order valence-corrected chi connectivity index (χ4v) is 1.47. The first-order valence-electron chi connectivity index (χ1n) is 4.72. The minimum atomic E-state index is -0.195. The van der Waals surface area contributed by atoms with Gasteiger partial charge >= 0.3 is 0 Å². The molecule has 0 radical (unpaired) electrons. The SMILES string of the molecule is O=C(CCCCO)Nc1cc(Cl)nc(Cl)n1. The van der Waals surface area contributed by atoms with Crippen molar-refractivity contribution in [3.8, 4) is 0 Å². The second kappa shape index (κ2) is 6.62. The number of aliphatic hydroxyl groups is 1. The summed E-state index contributed by atoms with van der Waals surface area (Å²) in [6.45, 7) is 0.0818. The van der Waals surface area contributed by atoms with Crippen LogP contribution in [0.4, 0.5) is 5.82 Å². The number of carbonyl (C=O) groups is 1. The van der Waals surface area contributed by atoms with E-state index >= 15 is 0 Å². The summed E-state index contributed by atoms with van der Waals surface area (Å²) < 4.78 is 0. The van der Waals surface area contributed by atoms with Crippen LogP contribution in [0.5, 0.6) is 0 Å². The Hall–Kier alpha value is -0.910. The summed E-state index contributed by atoms with van der Waals surface area (Å²) in [6.07, 6.45) is 1.54. The molecule has 16 heavy (non-hydrogen) atoms. The second-order valence-corrected chi connectivity index (χ2v) is 3.80. The molecule has 0 aliphatic carbocycles. The lowest BCUT2D eigenvalue weighted by Crippen LogP contribution is -2.12. The quantitative estimate of drug-likeness (QED) is 0.483. The van der Waals surface area contributed by atoms with Crippen LogP contribution in [0.2, 0.25) is 10.4 Å². The van der Waals surface area contributed by atoms with E-state index in [9.17, 15) is 4.79 Å². The van der Waals surface area contributed by atoms with Crippen LogP contribution in [0.25, 0.3) is 0 Å². The Labute approximate surface area is 103 Å². The van der Waals surface area contributed by atoms with E-state index in [1.54, 1.807) is 0 Å². The number of amides is 1. The maximum atomic E-state index is 11.4. The van der Waals surface area contributed by atoms with Crippen LogP contribution in [-0.4, -0.2) is 27.6 Å². The number of hydrogen-bond donors (Lipinski definition) is 2. The van der Waals surface area contributed by atoms with Gasteiger partial charge in [-0.25, -0.2) is 9.97 Å². The first kappa shape index (κ1) is 13.2. The third kappa shape index (κ3) is 4.74. The van der Waals surface area contributed by atoms with Gasteiger partial charge in [-0.3, -0.25) is 4.79 Å². The molecule has 1 heterocycles. The fraction of sp³-hybridized carbons (Fsp3) is 0.444. The summed E-state index contributed by atoms with van der Waals surface area (Å²) in [4.78, 5) is 18.8. The number of hydrogen-bond acceptors (Lipinski definition) is 4. The van der Waals surface area contributed by atoms with Gasteiger partial charge in [0.2, 0.25) is 11.2 Å². The molecular formula is C9H11Cl2N3O2. The van der Waals surface area contributed by atoms with Crippen molar-refractivity contribution in [2.45, 2.75) is 19.3 Å². The topological polar surface area (TPSA) is 75.1 Å². The molecule has 0 unspecified atom stereocenters. The molecule has 0 saturated carbocycles. The van der Waals surface area contributed by atoms with Crippen molar-refractivity contribution >= 4 is 34.9 Å². The normalized spacial score (nSPS) is 10.2. The van der Waals surface area contributed by atoms with Gasteiger partial charge in [0.25, 0.3) is 0 Å². The minimum Gasteiger partial charge on any atom is -0.396 e. The molecule has 1 aromatic heterocycles. The number of nitrogens with zero attached hydrogens (tertiary/aromatic N) is 2. The highest BCUT2D eigenvalue weighted by molar-refractivity contribution is 6.32. The Morgan fingerprint density at radius 2 is 2.12 bits per heavy atom. The molecular weight excluding hydrogens is 253 g/mol. The number of rotatable bonds is 5. The summed E-state index contributed by atoms with van der Waals surface area (Å²) in [7, 11) is 0. The number of anilines is 1. The summed E-state index contributed by atoms with van der Waals surface area (Å²) in [5.74, 6) is 0.0817. The van der Waals surface area contributed by atoms with Gasteiger partial charge in [-0.15, -0.1) is 0 Å². The van der Waals surface area contributed by atoms with Crippen LogP contribution in [0, 0.1) is 0 Å². The molecule has 5 nitrogen and oxygen atoms in total. The van der Waals surface area contributed by atoms with Crippen molar-refractivity contribution in [1.29, 1.82) is 0 Å². The molecule has 7 heteroatoms. The molecule has 0 bridgehead atoms. The highest BCUT2D eigenvalue weighted by atomic mass is 35.5. The van der Waals surface area contributed by atoms with Crippen molar-refractivity contribution < 1.29 is 9.90 Å². The predicted octanol–water partition coefficient (Wildman–Crippen LogP) is 1.88. The second-order valence-electron chi connectivity index (χ2n) is 3.07. The molecule has 1 amide bonds. The van der Waals surface area contributed by atoms with E-state index in [4.69, 9.17) is 28.3 Å². The molecule has 0 aliphatic heterocycles. The molecule has 1 aromatic rings. The van der Waals surface area contributed by atoms with E-state index in [2.05, 4.69) is 15.3 Å². The van der Waals surface area contributed by atoms with Crippen molar-refractivity contribution in [2.75, 3.05) is 11.9 Å². The van der Waals surface area contributed by atoms with Crippen LogP contribution < -0.4 is 5.32 Å². The highest BCUT2D eigenvalue weighted by Gasteiger charge is 2.05. The largest absolute Gasteiger partial charge is 0.396 e. The Bertz CT molecular complexity index is 354. The van der Waals surface area contributed by atoms with Crippen LogP contribution in [-0.2, 0) is 4.79 Å². The summed E-state index contributed by atoms with van der Waals surface area (Å²) in [5.41, 5.74) is 0. The Balaban J connectivity index is 2.49. The van der Waals surface area contributed by atoms with E-state index in [0.717, 1.165) is 0 Å². The Morgan fingerprint density at radius 1 is 1.38 bits per heavy atom. The number of halogens is 2. The molecule has 0 atom stereocenters. The molecule has 0 fully saturated rings. The Kier molecular flexibility index (Phi) is 5.45. The van der Waals surface area contributed by atoms with E-state index in [0.29, 0.717) is 19.3 Å². The van der Waals surface area contributed by atoms with Crippen molar-refractivity contribution in [3.05, 3.63) is 16.5 Å². The van der Waals surface area contributed by atoms with Gasteiger partial charge in [0.05, 0.1) is 0 Å². The third-order valence-electron chi connectivity index (χ3n) is 1.75. The number of unbranched alkanes of at least 4 members (excludes halogenated alkanes) is 1. The maximum Gasteiger partial charge on any atom is 0.225 e. The zero-order valence-electron chi connectivity index (χ0n) is 8.41. The van der Waals surface area contributed by atoms with Gasteiger partial charge < -0.3 is 10.4 Å². The smallest absolute Gasteiger partial charge is 0.225 e.